The summed E-state index contributed by atoms with van der Waals surface area (Å²) in [6, 6.07) is 14.5. The molecule has 0 bridgehead atoms. The summed E-state index contributed by atoms with van der Waals surface area (Å²) >= 11 is 6.26. The Labute approximate surface area is 176 Å². The second-order valence-electron chi connectivity index (χ2n) is 6.77. The van der Waals surface area contributed by atoms with Gasteiger partial charge in [-0.2, -0.15) is 5.10 Å². The Morgan fingerprint density at radius 1 is 1.20 bits per heavy atom. The topological polar surface area (TPSA) is 106 Å². The van der Waals surface area contributed by atoms with Gasteiger partial charge in [-0.15, -0.1) is 0 Å². The first-order valence-corrected chi connectivity index (χ1v) is 9.55. The third kappa shape index (κ3) is 3.90. The van der Waals surface area contributed by atoms with Crippen LogP contribution in [0.3, 0.4) is 0 Å². The van der Waals surface area contributed by atoms with Gasteiger partial charge in [-0.1, -0.05) is 47.1 Å². The number of hydrogen-bond acceptors (Lipinski definition) is 5. The molecular weight excluding hydrogens is 406 g/mol. The zero-order valence-electron chi connectivity index (χ0n) is 16.3. The van der Waals surface area contributed by atoms with Crippen LogP contribution in [-0.4, -0.2) is 25.8 Å². The molecule has 0 saturated heterocycles. The maximum Gasteiger partial charge on any atom is 0.439 e. The van der Waals surface area contributed by atoms with Gasteiger partial charge in [0, 0.05) is 22.0 Å². The van der Waals surface area contributed by atoms with E-state index in [1.165, 1.54) is 0 Å². The normalized spacial score (nSPS) is 10.9. The number of nitrogens with zero attached hydrogens (tertiary/aromatic N) is 3. The van der Waals surface area contributed by atoms with Crippen molar-refractivity contribution in [3.05, 3.63) is 86.6 Å². The molecule has 9 heteroatoms. The van der Waals surface area contributed by atoms with Gasteiger partial charge in [-0.05, 0) is 37.6 Å². The molecule has 2 N–H and O–H groups in total. The van der Waals surface area contributed by atoms with Crippen molar-refractivity contribution in [2.75, 3.05) is 5.32 Å². The Morgan fingerprint density at radius 2 is 2.00 bits per heavy atom. The van der Waals surface area contributed by atoms with Crippen LogP contribution in [-0.2, 0) is 6.54 Å². The highest BCUT2D eigenvalue weighted by molar-refractivity contribution is 6.31. The van der Waals surface area contributed by atoms with Gasteiger partial charge in [0.05, 0.1) is 17.8 Å². The number of carbonyl (C=O) groups is 1. The molecule has 8 nitrogen and oxygen atoms in total. The lowest BCUT2D eigenvalue weighted by Crippen LogP contribution is -2.14. The van der Waals surface area contributed by atoms with Gasteiger partial charge < -0.3 is 5.32 Å². The first-order valence-electron chi connectivity index (χ1n) is 9.17. The van der Waals surface area contributed by atoms with Crippen LogP contribution in [0, 0.1) is 13.8 Å². The number of anilines is 1. The van der Waals surface area contributed by atoms with Crippen LogP contribution in [0.25, 0.3) is 11.4 Å². The third-order valence-corrected chi connectivity index (χ3v) is 5.09. The molecule has 0 unspecified atom stereocenters. The third-order valence-electron chi connectivity index (χ3n) is 4.72. The minimum absolute atomic E-state index is 0.277. The van der Waals surface area contributed by atoms with Crippen LogP contribution in [0.4, 0.5) is 5.69 Å². The van der Waals surface area contributed by atoms with E-state index in [1.54, 1.807) is 35.9 Å². The molecule has 0 radical (unpaired) electrons. The maximum absolute atomic E-state index is 13.0. The van der Waals surface area contributed by atoms with Crippen molar-refractivity contribution in [1.82, 2.24) is 19.9 Å². The van der Waals surface area contributed by atoms with E-state index < -0.39 is 5.76 Å². The number of H-pyrrole nitrogens is 1. The number of aryl methyl sites for hydroxylation is 1. The van der Waals surface area contributed by atoms with Crippen molar-refractivity contribution in [2.45, 2.75) is 20.4 Å². The number of carbonyl (C=O) groups excluding carboxylic acids is 1. The number of rotatable bonds is 5. The van der Waals surface area contributed by atoms with Gasteiger partial charge in [-0.25, -0.2) is 4.79 Å². The highest BCUT2D eigenvalue weighted by Crippen LogP contribution is 2.22. The van der Waals surface area contributed by atoms with E-state index >= 15 is 0 Å². The molecular formula is C21H18ClN5O3. The zero-order valence-corrected chi connectivity index (χ0v) is 17.0. The molecule has 0 saturated carbocycles. The largest absolute Gasteiger partial charge is 0.439 e. The number of amides is 1. The number of hydrogen-bond donors (Lipinski definition) is 2. The molecule has 0 fully saturated rings. The van der Waals surface area contributed by atoms with E-state index in [4.69, 9.17) is 11.6 Å². The summed E-state index contributed by atoms with van der Waals surface area (Å²) in [5, 5.41) is 11.7. The molecule has 0 aliphatic heterocycles. The molecule has 0 spiro atoms. The zero-order chi connectivity index (χ0) is 21.3. The highest BCUT2D eigenvalue weighted by Gasteiger charge is 2.19. The second-order valence-corrected chi connectivity index (χ2v) is 7.18. The molecule has 4 aromatic rings. The van der Waals surface area contributed by atoms with E-state index in [-0.39, 0.29) is 11.7 Å². The average Bonchev–Trinajstić information content (AvgIpc) is 3.27. The Hall–Kier alpha value is -3.65. The van der Waals surface area contributed by atoms with Crippen molar-refractivity contribution >= 4 is 23.2 Å². The molecule has 1 amide bonds. The molecule has 0 atom stereocenters. The van der Waals surface area contributed by atoms with E-state index in [2.05, 4.69) is 25.1 Å². The predicted molar refractivity (Wildman–Crippen MR) is 113 cm³/mol. The second kappa shape index (κ2) is 8.00. The van der Waals surface area contributed by atoms with Crippen LogP contribution in [0.5, 0.6) is 0 Å². The molecule has 0 aliphatic carbocycles. The van der Waals surface area contributed by atoms with E-state index in [0.29, 0.717) is 34.1 Å². The number of aromatic amines is 1. The highest BCUT2D eigenvalue weighted by atomic mass is 35.5. The van der Waals surface area contributed by atoms with Gasteiger partial charge in [0.1, 0.15) is 0 Å². The molecule has 152 valence electrons. The van der Waals surface area contributed by atoms with Crippen LogP contribution in [0.1, 0.15) is 27.3 Å². The van der Waals surface area contributed by atoms with Crippen molar-refractivity contribution in [1.29, 1.82) is 0 Å². The summed E-state index contributed by atoms with van der Waals surface area (Å²) < 4.78 is 6.30. The molecule has 4 rings (SSSR count). The Morgan fingerprint density at radius 3 is 2.73 bits per heavy atom. The standard InChI is InChI=1S/C21H18ClN5O3/c1-12-18(13(2)27(25-12)11-15-6-3-4-9-17(15)22)20(28)23-16-8-5-7-14(10-16)19-24-21(29)30-26-19/h3-10H,11H2,1-2H3,(H,23,28)(H,24,26,29). The smallest absolute Gasteiger partial charge is 0.322 e. The quantitative estimate of drug-likeness (QED) is 0.508. The minimum atomic E-state index is -0.642. The molecule has 30 heavy (non-hydrogen) atoms. The minimum Gasteiger partial charge on any atom is -0.322 e. The number of nitrogens with one attached hydrogen (secondary N) is 2. The summed E-state index contributed by atoms with van der Waals surface area (Å²) in [6.45, 7) is 4.11. The van der Waals surface area contributed by atoms with Gasteiger partial charge in [-0.3, -0.25) is 19.0 Å². The fourth-order valence-electron chi connectivity index (χ4n) is 3.26. The van der Waals surface area contributed by atoms with Crippen molar-refractivity contribution in [3.8, 4) is 11.4 Å². The van der Waals surface area contributed by atoms with Crippen LogP contribution in [0.15, 0.2) is 57.8 Å². The van der Waals surface area contributed by atoms with Crippen LogP contribution >= 0.6 is 11.6 Å². The van der Waals surface area contributed by atoms with E-state index in [9.17, 15) is 9.59 Å². The fourth-order valence-corrected chi connectivity index (χ4v) is 3.46. The number of aromatic nitrogens is 4. The summed E-state index contributed by atoms with van der Waals surface area (Å²) in [4.78, 5) is 26.6. The van der Waals surface area contributed by atoms with Gasteiger partial charge in [0.15, 0.2) is 5.82 Å². The Kier molecular flexibility index (Phi) is 5.24. The number of halogens is 1. The monoisotopic (exact) mass is 423 g/mol. The predicted octanol–water partition coefficient (Wildman–Crippen LogP) is 3.80. The van der Waals surface area contributed by atoms with Crippen molar-refractivity contribution < 1.29 is 9.32 Å². The van der Waals surface area contributed by atoms with Crippen molar-refractivity contribution in [3.63, 3.8) is 0 Å². The van der Waals surface area contributed by atoms with Crippen molar-refractivity contribution in [2.24, 2.45) is 0 Å². The fraction of sp³-hybridized carbons (Fsp3) is 0.143. The van der Waals surface area contributed by atoms with Gasteiger partial charge in [0.2, 0.25) is 0 Å². The SMILES string of the molecule is Cc1nn(Cc2ccccc2Cl)c(C)c1C(=O)Nc1cccc(-c2noc(=O)[nH]2)c1. The van der Waals surface area contributed by atoms with Crippen LogP contribution < -0.4 is 11.1 Å². The van der Waals surface area contributed by atoms with E-state index in [1.807, 2.05) is 31.2 Å². The average molecular weight is 424 g/mol. The molecule has 0 aliphatic rings. The summed E-state index contributed by atoms with van der Waals surface area (Å²) in [6.07, 6.45) is 0. The summed E-state index contributed by atoms with van der Waals surface area (Å²) in [7, 11) is 0. The van der Waals surface area contributed by atoms with Crippen LogP contribution in [0.2, 0.25) is 5.02 Å². The molecule has 2 aromatic carbocycles. The van der Waals surface area contributed by atoms with E-state index in [0.717, 1.165) is 11.3 Å². The lowest BCUT2D eigenvalue weighted by molar-refractivity contribution is 0.102. The van der Waals surface area contributed by atoms with Gasteiger partial charge in [0.25, 0.3) is 5.91 Å². The lowest BCUT2D eigenvalue weighted by Gasteiger charge is -2.08. The Bertz CT molecular complexity index is 1290. The maximum atomic E-state index is 13.0. The number of benzene rings is 2. The summed E-state index contributed by atoms with van der Waals surface area (Å²) in [5.41, 5.74) is 3.95. The summed E-state index contributed by atoms with van der Waals surface area (Å²) in [5.74, 6) is -0.631. The first kappa shape index (κ1) is 19.7. The molecule has 2 heterocycles. The lowest BCUT2D eigenvalue weighted by atomic mass is 10.1. The Balaban J connectivity index is 1.58. The first-order chi connectivity index (χ1) is 14.4. The van der Waals surface area contributed by atoms with Gasteiger partial charge >= 0.3 is 5.76 Å². The molecule has 2 aromatic heterocycles.